The molecule has 0 bridgehead atoms. The van der Waals surface area contributed by atoms with E-state index in [0.717, 1.165) is 12.1 Å². The predicted molar refractivity (Wildman–Crippen MR) is 69.2 cm³/mol. The molecule has 0 unspecified atom stereocenters. The van der Waals surface area contributed by atoms with E-state index < -0.39 is 25.1 Å². The van der Waals surface area contributed by atoms with E-state index in [1.54, 1.807) is 13.8 Å². The molecule has 0 aromatic heterocycles. The van der Waals surface area contributed by atoms with Gasteiger partial charge in [-0.15, -0.1) is 0 Å². The molecule has 8 heteroatoms. The molecule has 4 nitrogen and oxygen atoms in total. The Morgan fingerprint density at radius 2 is 1.80 bits per heavy atom. The molecule has 0 spiro atoms. The molecule has 0 saturated carbocycles. The Bertz CT molecular complexity index is 483. The van der Waals surface area contributed by atoms with Gasteiger partial charge in [0.05, 0.1) is 18.8 Å². The molecule has 1 rings (SSSR count). The molecular weight excluding hydrogens is 294 g/mol. The number of rotatable bonds is 6. The maximum atomic E-state index is 12.7. The molecule has 2 N–H and O–H groups in total. The minimum Gasteiger partial charge on any atom is -0.314 e. The zero-order chi connectivity index (χ0) is 15.4. The Morgan fingerprint density at radius 3 is 2.25 bits per heavy atom. The first-order valence-corrected chi connectivity index (χ1v) is 7.67. The van der Waals surface area contributed by atoms with Crippen molar-refractivity contribution < 1.29 is 26.8 Å². The van der Waals surface area contributed by atoms with Gasteiger partial charge in [0.25, 0.3) is 0 Å². The monoisotopic (exact) mass is 311 g/mol. The van der Waals surface area contributed by atoms with Crippen LogP contribution in [0.4, 0.5) is 13.2 Å². The van der Waals surface area contributed by atoms with Crippen LogP contribution in [0.2, 0.25) is 0 Å². The molecule has 0 fully saturated rings. The maximum absolute atomic E-state index is 12.7. The second kappa shape index (κ2) is 6.72. The van der Waals surface area contributed by atoms with Gasteiger partial charge in [0.1, 0.15) is 5.78 Å². The lowest BCUT2D eigenvalue weighted by atomic mass is 10.1. The summed E-state index contributed by atoms with van der Waals surface area (Å²) >= 11 is 0. The predicted octanol–water partition coefficient (Wildman–Crippen LogP) is 3.93. The van der Waals surface area contributed by atoms with Gasteiger partial charge >= 0.3 is 13.8 Å². The van der Waals surface area contributed by atoms with Crippen LogP contribution in [0.5, 0.6) is 0 Å². The topological polar surface area (TPSA) is 61.5 Å². The van der Waals surface area contributed by atoms with Crippen molar-refractivity contribution in [3.05, 3.63) is 35.4 Å². The SMILES string of the molecule is CCOP(=O)(OCC)[C@@H](N)c1cccc(C(F)(F)F)c1. The fraction of sp³-hybridized carbons (Fsp3) is 0.500. The number of benzene rings is 1. The second-order valence-electron chi connectivity index (χ2n) is 3.94. The van der Waals surface area contributed by atoms with Crippen LogP contribution in [0.15, 0.2) is 24.3 Å². The van der Waals surface area contributed by atoms with Crippen LogP contribution in [-0.4, -0.2) is 13.2 Å². The van der Waals surface area contributed by atoms with E-state index in [9.17, 15) is 17.7 Å². The number of hydrogen-bond donors (Lipinski definition) is 1. The third-order valence-corrected chi connectivity index (χ3v) is 4.73. The first-order chi connectivity index (χ1) is 9.24. The van der Waals surface area contributed by atoms with E-state index in [4.69, 9.17) is 14.8 Å². The van der Waals surface area contributed by atoms with Crippen molar-refractivity contribution in [2.45, 2.75) is 25.8 Å². The standard InChI is InChI=1S/C12H17F3NO3P/c1-3-18-20(17,19-4-2)11(16)9-6-5-7-10(8-9)12(13,14)15/h5-8,11H,3-4,16H2,1-2H3/t11-/m1/s1. The first-order valence-electron chi connectivity index (χ1n) is 6.06. The van der Waals surface area contributed by atoms with Gasteiger partial charge in [0, 0.05) is 0 Å². The van der Waals surface area contributed by atoms with Crippen molar-refractivity contribution in [1.29, 1.82) is 0 Å². The van der Waals surface area contributed by atoms with Gasteiger partial charge in [-0.1, -0.05) is 12.1 Å². The number of halogens is 3. The van der Waals surface area contributed by atoms with Crippen LogP contribution in [0.1, 0.15) is 30.8 Å². The smallest absolute Gasteiger partial charge is 0.314 e. The minimum atomic E-state index is -4.49. The molecule has 0 radical (unpaired) electrons. The van der Waals surface area contributed by atoms with Crippen molar-refractivity contribution in [3.63, 3.8) is 0 Å². The Morgan fingerprint density at radius 1 is 1.25 bits per heavy atom. The van der Waals surface area contributed by atoms with Gasteiger partial charge in [0.15, 0.2) is 0 Å². The van der Waals surface area contributed by atoms with Crippen molar-refractivity contribution in [3.8, 4) is 0 Å². The molecule has 1 aromatic carbocycles. The van der Waals surface area contributed by atoms with Gasteiger partial charge in [-0.05, 0) is 31.5 Å². The van der Waals surface area contributed by atoms with Gasteiger partial charge in [-0.2, -0.15) is 13.2 Å². The fourth-order valence-electron chi connectivity index (χ4n) is 1.64. The third kappa shape index (κ3) is 4.06. The molecule has 114 valence electrons. The highest BCUT2D eigenvalue weighted by molar-refractivity contribution is 7.54. The maximum Gasteiger partial charge on any atom is 0.416 e. The minimum absolute atomic E-state index is 0.0602. The van der Waals surface area contributed by atoms with Gasteiger partial charge in [0.2, 0.25) is 0 Å². The molecule has 0 heterocycles. The Hall–Kier alpha value is -0.880. The summed E-state index contributed by atoms with van der Waals surface area (Å²) in [7, 11) is -3.69. The second-order valence-corrected chi connectivity index (χ2v) is 6.10. The Balaban J connectivity index is 3.12. The molecule has 0 aliphatic rings. The van der Waals surface area contributed by atoms with E-state index in [-0.39, 0.29) is 18.8 Å². The molecule has 0 aliphatic heterocycles. The van der Waals surface area contributed by atoms with Crippen molar-refractivity contribution in [1.82, 2.24) is 0 Å². The first kappa shape index (κ1) is 17.2. The van der Waals surface area contributed by atoms with E-state index in [1.807, 2.05) is 0 Å². The van der Waals surface area contributed by atoms with Crippen molar-refractivity contribution in [2.75, 3.05) is 13.2 Å². The number of hydrogen-bond acceptors (Lipinski definition) is 4. The molecule has 0 saturated heterocycles. The highest BCUT2D eigenvalue weighted by Crippen LogP contribution is 2.58. The summed E-state index contributed by atoms with van der Waals surface area (Å²) in [4.78, 5) is 0. The Kier molecular flexibility index (Phi) is 5.77. The lowest BCUT2D eigenvalue weighted by Gasteiger charge is -2.23. The van der Waals surface area contributed by atoms with Gasteiger partial charge in [-0.3, -0.25) is 4.57 Å². The summed E-state index contributed by atoms with van der Waals surface area (Å²) in [6.45, 7) is 3.38. The Labute approximate surface area is 115 Å². The zero-order valence-corrected chi connectivity index (χ0v) is 12.1. The fourth-order valence-corrected chi connectivity index (χ4v) is 3.28. The van der Waals surface area contributed by atoms with E-state index in [0.29, 0.717) is 0 Å². The van der Waals surface area contributed by atoms with E-state index in [1.165, 1.54) is 12.1 Å². The molecule has 0 amide bonds. The van der Waals surface area contributed by atoms with Crippen LogP contribution in [0.3, 0.4) is 0 Å². The highest BCUT2D eigenvalue weighted by Gasteiger charge is 2.36. The van der Waals surface area contributed by atoms with Crippen molar-refractivity contribution in [2.24, 2.45) is 5.73 Å². The van der Waals surface area contributed by atoms with Crippen molar-refractivity contribution >= 4 is 7.60 Å². The number of alkyl halides is 3. The normalized spacial score (nSPS) is 14.3. The third-order valence-electron chi connectivity index (χ3n) is 2.51. The van der Waals surface area contributed by atoms with Crippen LogP contribution in [0, 0.1) is 0 Å². The van der Waals surface area contributed by atoms with E-state index >= 15 is 0 Å². The summed E-state index contributed by atoms with van der Waals surface area (Å²) in [5.74, 6) is -1.26. The van der Waals surface area contributed by atoms with Crippen LogP contribution in [0.25, 0.3) is 0 Å². The average molecular weight is 311 g/mol. The quantitative estimate of drug-likeness (QED) is 0.809. The summed E-state index contributed by atoms with van der Waals surface area (Å²) in [6, 6.07) is 4.35. The number of nitrogens with two attached hydrogens (primary N) is 1. The van der Waals surface area contributed by atoms with Crippen LogP contribution < -0.4 is 5.73 Å². The summed E-state index contributed by atoms with van der Waals surface area (Å²) in [5, 5.41) is 0. The lowest BCUT2D eigenvalue weighted by Crippen LogP contribution is -2.16. The summed E-state index contributed by atoms with van der Waals surface area (Å²) < 4.78 is 60.5. The molecule has 20 heavy (non-hydrogen) atoms. The van der Waals surface area contributed by atoms with Gasteiger partial charge < -0.3 is 14.8 Å². The molecular formula is C12H17F3NO3P. The molecule has 1 aromatic rings. The van der Waals surface area contributed by atoms with Crippen LogP contribution in [-0.2, 0) is 19.8 Å². The lowest BCUT2D eigenvalue weighted by molar-refractivity contribution is -0.137. The highest BCUT2D eigenvalue weighted by atomic mass is 31.2. The summed E-state index contributed by atoms with van der Waals surface area (Å²) in [6.07, 6.45) is -4.49. The summed E-state index contributed by atoms with van der Waals surface area (Å²) in [5.41, 5.74) is 4.98. The molecule has 0 aliphatic carbocycles. The largest absolute Gasteiger partial charge is 0.416 e. The van der Waals surface area contributed by atoms with Crippen LogP contribution >= 0.6 is 7.60 Å². The zero-order valence-electron chi connectivity index (χ0n) is 11.2. The van der Waals surface area contributed by atoms with Gasteiger partial charge in [-0.25, -0.2) is 0 Å². The molecule has 1 atom stereocenters. The van der Waals surface area contributed by atoms with E-state index in [2.05, 4.69) is 0 Å². The average Bonchev–Trinajstić information content (AvgIpc) is 2.37.